The number of carboxylic acid groups (broad SMARTS) is 1. The average Bonchev–Trinajstić information content (AvgIpc) is 2.68. The Bertz CT molecular complexity index is 625. The summed E-state index contributed by atoms with van der Waals surface area (Å²) in [5, 5.41) is 18.0. The molecule has 4 nitrogen and oxygen atoms in total. The van der Waals surface area contributed by atoms with Crippen LogP contribution in [0.1, 0.15) is 17.5 Å². The SMILES string of the molecule is N#Cc1cc(F)cc2c(CCC(=O)O)c[nH]c12. The lowest BCUT2D eigenvalue weighted by molar-refractivity contribution is -0.136. The van der Waals surface area contributed by atoms with Crippen LogP contribution in [0.4, 0.5) is 4.39 Å². The molecule has 2 N–H and O–H groups in total. The minimum atomic E-state index is -0.906. The minimum absolute atomic E-state index is 0.0225. The molecule has 0 aliphatic carbocycles. The zero-order valence-corrected chi connectivity index (χ0v) is 8.83. The fourth-order valence-electron chi connectivity index (χ4n) is 1.79. The molecule has 0 amide bonds. The summed E-state index contributed by atoms with van der Waals surface area (Å²) in [5.41, 5.74) is 1.48. The number of aryl methyl sites for hydroxylation is 1. The van der Waals surface area contributed by atoms with E-state index >= 15 is 0 Å². The number of nitrogens with one attached hydrogen (secondary N) is 1. The van der Waals surface area contributed by atoms with Gasteiger partial charge in [-0.25, -0.2) is 4.39 Å². The first kappa shape index (κ1) is 11.1. The van der Waals surface area contributed by atoms with Gasteiger partial charge in [-0.05, 0) is 24.1 Å². The molecule has 2 aromatic rings. The molecular formula is C12H9FN2O2. The van der Waals surface area contributed by atoms with Crippen LogP contribution in [0.3, 0.4) is 0 Å². The summed E-state index contributed by atoms with van der Waals surface area (Å²) in [6.07, 6.45) is 1.91. The summed E-state index contributed by atoms with van der Waals surface area (Å²) < 4.78 is 13.3. The van der Waals surface area contributed by atoms with Crippen molar-refractivity contribution in [3.63, 3.8) is 0 Å². The maximum atomic E-state index is 13.3. The summed E-state index contributed by atoms with van der Waals surface area (Å²) >= 11 is 0. The fourth-order valence-corrected chi connectivity index (χ4v) is 1.79. The fraction of sp³-hybridized carbons (Fsp3) is 0.167. The van der Waals surface area contributed by atoms with Crippen molar-refractivity contribution in [1.82, 2.24) is 4.98 Å². The Morgan fingerprint density at radius 3 is 2.94 bits per heavy atom. The highest BCUT2D eigenvalue weighted by atomic mass is 19.1. The number of benzene rings is 1. The Labute approximate surface area is 96.3 Å². The van der Waals surface area contributed by atoms with Crippen LogP contribution in [0.25, 0.3) is 10.9 Å². The van der Waals surface area contributed by atoms with Crippen molar-refractivity contribution < 1.29 is 14.3 Å². The molecule has 0 fully saturated rings. The first-order valence-corrected chi connectivity index (χ1v) is 5.03. The maximum Gasteiger partial charge on any atom is 0.303 e. The van der Waals surface area contributed by atoms with Gasteiger partial charge in [-0.15, -0.1) is 0 Å². The van der Waals surface area contributed by atoms with Crippen LogP contribution >= 0.6 is 0 Å². The molecule has 86 valence electrons. The predicted octanol–water partition coefficient (Wildman–Crippen LogP) is 2.20. The number of aliphatic carboxylic acids is 1. The van der Waals surface area contributed by atoms with Crippen molar-refractivity contribution in [2.45, 2.75) is 12.8 Å². The van der Waals surface area contributed by atoms with Gasteiger partial charge in [-0.2, -0.15) is 5.26 Å². The zero-order chi connectivity index (χ0) is 12.4. The molecule has 0 bridgehead atoms. The van der Waals surface area contributed by atoms with Gasteiger partial charge in [0.2, 0.25) is 0 Å². The molecule has 5 heteroatoms. The molecule has 0 saturated carbocycles. The standard InChI is InChI=1S/C12H9FN2O2/c13-9-3-8(5-14)12-10(4-9)7(6-15-12)1-2-11(16)17/h3-4,6,15H,1-2H2,(H,16,17). The maximum absolute atomic E-state index is 13.3. The van der Waals surface area contributed by atoms with Crippen molar-refractivity contribution in [1.29, 1.82) is 5.26 Å². The summed E-state index contributed by atoms with van der Waals surface area (Å²) in [4.78, 5) is 13.4. The van der Waals surface area contributed by atoms with Gasteiger partial charge in [0.15, 0.2) is 0 Å². The Morgan fingerprint density at radius 2 is 2.29 bits per heavy atom. The highest BCUT2D eigenvalue weighted by Crippen LogP contribution is 2.24. The van der Waals surface area contributed by atoms with E-state index in [4.69, 9.17) is 10.4 Å². The number of aromatic amines is 1. The number of nitrogens with zero attached hydrogens (tertiary/aromatic N) is 1. The number of fused-ring (bicyclic) bond motifs is 1. The first-order chi connectivity index (χ1) is 8.11. The normalized spacial score (nSPS) is 10.4. The molecular weight excluding hydrogens is 223 g/mol. The van der Waals surface area contributed by atoms with E-state index in [0.29, 0.717) is 22.9 Å². The lowest BCUT2D eigenvalue weighted by Gasteiger charge is -1.98. The lowest BCUT2D eigenvalue weighted by atomic mass is 10.1. The third-order valence-electron chi connectivity index (χ3n) is 2.57. The predicted molar refractivity (Wildman–Crippen MR) is 58.9 cm³/mol. The van der Waals surface area contributed by atoms with Gasteiger partial charge in [0, 0.05) is 18.0 Å². The second-order valence-electron chi connectivity index (χ2n) is 3.70. The van der Waals surface area contributed by atoms with E-state index < -0.39 is 11.8 Å². The molecule has 0 saturated heterocycles. The third-order valence-corrected chi connectivity index (χ3v) is 2.57. The molecule has 17 heavy (non-hydrogen) atoms. The summed E-state index contributed by atoms with van der Waals surface area (Å²) in [7, 11) is 0. The monoisotopic (exact) mass is 232 g/mol. The van der Waals surface area contributed by atoms with Crippen LogP contribution in [-0.4, -0.2) is 16.1 Å². The largest absolute Gasteiger partial charge is 0.481 e. The van der Waals surface area contributed by atoms with Gasteiger partial charge in [-0.3, -0.25) is 4.79 Å². The molecule has 0 aliphatic rings. The van der Waals surface area contributed by atoms with Gasteiger partial charge in [0.1, 0.15) is 11.9 Å². The van der Waals surface area contributed by atoms with E-state index in [2.05, 4.69) is 4.98 Å². The van der Waals surface area contributed by atoms with Crippen molar-refractivity contribution in [3.05, 3.63) is 35.3 Å². The number of nitriles is 1. The van der Waals surface area contributed by atoms with Crippen LogP contribution in [0.15, 0.2) is 18.3 Å². The molecule has 1 aromatic carbocycles. The van der Waals surface area contributed by atoms with Crippen LogP contribution < -0.4 is 0 Å². The Balaban J connectivity index is 2.49. The van der Waals surface area contributed by atoms with Crippen molar-refractivity contribution >= 4 is 16.9 Å². The summed E-state index contributed by atoms with van der Waals surface area (Å²) in [6.45, 7) is 0. The Hall–Kier alpha value is -2.35. The summed E-state index contributed by atoms with van der Waals surface area (Å²) in [5.74, 6) is -1.40. The lowest BCUT2D eigenvalue weighted by Crippen LogP contribution is -1.96. The van der Waals surface area contributed by atoms with Crippen molar-refractivity contribution in [2.75, 3.05) is 0 Å². The molecule has 1 aromatic heterocycles. The number of hydrogen-bond acceptors (Lipinski definition) is 2. The molecule has 0 spiro atoms. The van der Waals surface area contributed by atoms with Gasteiger partial charge < -0.3 is 10.1 Å². The Morgan fingerprint density at radius 1 is 1.53 bits per heavy atom. The van der Waals surface area contributed by atoms with E-state index in [-0.39, 0.29) is 12.0 Å². The number of carboxylic acids is 1. The topological polar surface area (TPSA) is 76.9 Å². The van der Waals surface area contributed by atoms with Crippen LogP contribution in [0.2, 0.25) is 0 Å². The molecule has 2 rings (SSSR count). The van der Waals surface area contributed by atoms with E-state index in [9.17, 15) is 9.18 Å². The smallest absolute Gasteiger partial charge is 0.303 e. The third kappa shape index (κ3) is 2.11. The van der Waals surface area contributed by atoms with Gasteiger partial charge in [-0.1, -0.05) is 0 Å². The van der Waals surface area contributed by atoms with E-state index in [1.807, 2.05) is 6.07 Å². The average molecular weight is 232 g/mol. The Kier molecular flexibility index (Phi) is 2.79. The molecule has 0 aliphatic heterocycles. The van der Waals surface area contributed by atoms with Crippen LogP contribution in [-0.2, 0) is 11.2 Å². The van der Waals surface area contributed by atoms with E-state index in [1.54, 1.807) is 6.20 Å². The molecule has 0 radical (unpaired) electrons. The second kappa shape index (κ2) is 4.26. The minimum Gasteiger partial charge on any atom is -0.481 e. The molecule has 0 atom stereocenters. The van der Waals surface area contributed by atoms with Gasteiger partial charge >= 0.3 is 5.97 Å². The highest BCUT2D eigenvalue weighted by molar-refractivity contribution is 5.88. The first-order valence-electron chi connectivity index (χ1n) is 5.03. The quantitative estimate of drug-likeness (QED) is 0.851. The number of rotatable bonds is 3. The zero-order valence-electron chi connectivity index (χ0n) is 8.83. The number of hydrogen-bond donors (Lipinski definition) is 2. The summed E-state index contributed by atoms with van der Waals surface area (Å²) in [6, 6.07) is 4.36. The number of aromatic nitrogens is 1. The van der Waals surface area contributed by atoms with Gasteiger partial charge in [0.25, 0.3) is 0 Å². The van der Waals surface area contributed by atoms with E-state index in [0.717, 1.165) is 6.07 Å². The van der Waals surface area contributed by atoms with E-state index in [1.165, 1.54) is 6.07 Å². The number of carbonyl (C=O) groups is 1. The van der Waals surface area contributed by atoms with Crippen LogP contribution in [0.5, 0.6) is 0 Å². The molecule has 1 heterocycles. The molecule has 0 unspecified atom stereocenters. The number of halogens is 1. The van der Waals surface area contributed by atoms with Crippen LogP contribution in [0, 0.1) is 17.1 Å². The highest BCUT2D eigenvalue weighted by Gasteiger charge is 2.10. The second-order valence-corrected chi connectivity index (χ2v) is 3.70. The van der Waals surface area contributed by atoms with Gasteiger partial charge in [0.05, 0.1) is 11.1 Å². The van der Waals surface area contributed by atoms with Crippen molar-refractivity contribution in [2.24, 2.45) is 0 Å². The number of H-pyrrole nitrogens is 1. The van der Waals surface area contributed by atoms with Crippen molar-refractivity contribution in [3.8, 4) is 6.07 Å².